The molecule has 0 bridgehead atoms. The summed E-state index contributed by atoms with van der Waals surface area (Å²) in [6.45, 7) is 3.93. The molecule has 0 saturated carbocycles. The molecule has 0 radical (unpaired) electrons. The average molecular weight is 387 g/mol. The van der Waals surface area contributed by atoms with E-state index in [0.29, 0.717) is 32.8 Å². The van der Waals surface area contributed by atoms with Crippen LogP contribution in [0.25, 0.3) is 0 Å². The van der Waals surface area contributed by atoms with E-state index in [0.717, 1.165) is 37.9 Å². The monoisotopic (exact) mass is 387 g/mol. The minimum Gasteiger partial charge on any atom is -0.350 e. The number of urea groups is 1. The van der Waals surface area contributed by atoms with Gasteiger partial charge in [-0.25, -0.2) is 4.79 Å². The Morgan fingerprint density at radius 2 is 1.64 bits per heavy atom. The number of benzene rings is 1. The molecule has 7 heteroatoms. The molecule has 3 aliphatic heterocycles. The van der Waals surface area contributed by atoms with Gasteiger partial charge in [0.15, 0.2) is 6.29 Å². The molecule has 28 heavy (non-hydrogen) atoms. The van der Waals surface area contributed by atoms with E-state index in [1.807, 2.05) is 35.2 Å². The predicted octanol–water partition coefficient (Wildman–Crippen LogP) is 2.54. The number of nitrogens with one attached hydrogen (secondary N) is 1. The van der Waals surface area contributed by atoms with Gasteiger partial charge in [0.1, 0.15) is 0 Å². The molecule has 3 amide bonds. The lowest BCUT2D eigenvalue weighted by atomic mass is 9.93. The van der Waals surface area contributed by atoms with Gasteiger partial charge < -0.3 is 24.6 Å². The summed E-state index contributed by atoms with van der Waals surface area (Å²) in [7, 11) is 0. The zero-order valence-corrected chi connectivity index (χ0v) is 16.2. The van der Waals surface area contributed by atoms with Crippen molar-refractivity contribution in [1.29, 1.82) is 0 Å². The number of para-hydroxylation sites is 1. The molecule has 0 aromatic heterocycles. The van der Waals surface area contributed by atoms with Crippen LogP contribution >= 0.6 is 0 Å². The number of ether oxygens (including phenoxy) is 2. The van der Waals surface area contributed by atoms with Crippen LogP contribution in [0.15, 0.2) is 30.3 Å². The fraction of sp³-hybridized carbons (Fsp3) is 0.619. The van der Waals surface area contributed by atoms with Crippen molar-refractivity contribution in [1.82, 2.24) is 9.80 Å². The topological polar surface area (TPSA) is 71.1 Å². The first kappa shape index (κ1) is 19.2. The normalized spacial score (nSPS) is 26.3. The van der Waals surface area contributed by atoms with Crippen LogP contribution in [0, 0.1) is 11.8 Å². The third kappa shape index (κ3) is 4.47. The van der Waals surface area contributed by atoms with Crippen molar-refractivity contribution in [2.24, 2.45) is 11.8 Å². The van der Waals surface area contributed by atoms with Crippen LogP contribution in [0.3, 0.4) is 0 Å². The maximum atomic E-state index is 13.1. The molecule has 0 spiro atoms. The first-order valence-corrected chi connectivity index (χ1v) is 10.3. The summed E-state index contributed by atoms with van der Waals surface area (Å²) < 4.78 is 11.3. The molecule has 1 aromatic carbocycles. The maximum absolute atomic E-state index is 13.1. The van der Waals surface area contributed by atoms with Gasteiger partial charge in [-0.05, 0) is 37.8 Å². The van der Waals surface area contributed by atoms with Gasteiger partial charge in [0.2, 0.25) is 5.91 Å². The molecule has 4 rings (SSSR count). The minimum atomic E-state index is -0.171. The average Bonchev–Trinajstić information content (AvgIpc) is 3.29. The van der Waals surface area contributed by atoms with E-state index in [4.69, 9.17) is 9.47 Å². The predicted molar refractivity (Wildman–Crippen MR) is 105 cm³/mol. The van der Waals surface area contributed by atoms with Crippen LogP contribution in [0.2, 0.25) is 0 Å². The largest absolute Gasteiger partial charge is 0.350 e. The number of carbonyl (C=O) groups excluding carboxylic acids is 2. The lowest BCUT2D eigenvalue weighted by Crippen LogP contribution is -2.51. The Kier molecular flexibility index (Phi) is 6.12. The van der Waals surface area contributed by atoms with Gasteiger partial charge in [0, 0.05) is 37.8 Å². The van der Waals surface area contributed by atoms with Gasteiger partial charge in [-0.3, -0.25) is 4.79 Å². The fourth-order valence-corrected chi connectivity index (χ4v) is 4.43. The van der Waals surface area contributed by atoms with Gasteiger partial charge in [-0.1, -0.05) is 18.2 Å². The Labute approximate surface area is 166 Å². The van der Waals surface area contributed by atoms with Crippen LogP contribution in [-0.2, 0) is 14.3 Å². The highest BCUT2D eigenvalue weighted by Crippen LogP contribution is 2.27. The molecular formula is C21H29N3O4. The van der Waals surface area contributed by atoms with E-state index in [1.54, 1.807) is 4.90 Å². The lowest BCUT2D eigenvalue weighted by Gasteiger charge is -2.39. The summed E-state index contributed by atoms with van der Waals surface area (Å²) in [5.41, 5.74) is 0.774. The van der Waals surface area contributed by atoms with Gasteiger partial charge >= 0.3 is 6.03 Å². The van der Waals surface area contributed by atoms with Crippen molar-refractivity contribution in [3.05, 3.63) is 30.3 Å². The Hall–Kier alpha value is -2.12. The standard InChI is InChI=1S/C21H29N3O4/c25-19(23-10-5-7-17(15-23)20-27-12-13-28-20)16-6-4-11-24(14-16)21(26)22-18-8-2-1-3-9-18/h1-3,8-9,16-17,20H,4-7,10-15H2,(H,22,26). The second-order valence-corrected chi connectivity index (χ2v) is 7.88. The van der Waals surface area contributed by atoms with Crippen LogP contribution in [0.1, 0.15) is 25.7 Å². The third-order valence-electron chi connectivity index (χ3n) is 5.88. The van der Waals surface area contributed by atoms with Gasteiger partial charge in [0.25, 0.3) is 0 Å². The Morgan fingerprint density at radius 1 is 0.929 bits per heavy atom. The van der Waals surface area contributed by atoms with Crippen LogP contribution in [-0.4, -0.2) is 67.4 Å². The molecule has 3 fully saturated rings. The highest BCUT2D eigenvalue weighted by Gasteiger charge is 2.36. The number of carbonyl (C=O) groups is 2. The molecule has 0 aliphatic carbocycles. The number of anilines is 1. The second kappa shape index (κ2) is 8.92. The summed E-state index contributed by atoms with van der Waals surface area (Å²) in [6, 6.07) is 9.30. The van der Waals surface area contributed by atoms with Crippen LogP contribution in [0.4, 0.5) is 10.5 Å². The Morgan fingerprint density at radius 3 is 2.43 bits per heavy atom. The number of piperidine rings is 2. The molecular weight excluding hydrogens is 358 g/mol. The summed E-state index contributed by atoms with van der Waals surface area (Å²) in [4.78, 5) is 29.4. The lowest BCUT2D eigenvalue weighted by molar-refractivity contribution is -0.144. The maximum Gasteiger partial charge on any atom is 0.321 e. The highest BCUT2D eigenvalue weighted by atomic mass is 16.7. The quantitative estimate of drug-likeness (QED) is 0.865. The Balaban J connectivity index is 1.33. The van der Waals surface area contributed by atoms with E-state index in [1.165, 1.54) is 0 Å². The van der Waals surface area contributed by atoms with Gasteiger partial charge in [-0.2, -0.15) is 0 Å². The number of rotatable bonds is 3. The van der Waals surface area contributed by atoms with Crippen molar-refractivity contribution >= 4 is 17.6 Å². The van der Waals surface area contributed by atoms with Gasteiger partial charge in [0.05, 0.1) is 19.1 Å². The molecule has 7 nitrogen and oxygen atoms in total. The van der Waals surface area contributed by atoms with E-state index in [-0.39, 0.29) is 30.1 Å². The smallest absolute Gasteiger partial charge is 0.321 e. The zero-order valence-electron chi connectivity index (χ0n) is 16.2. The van der Waals surface area contributed by atoms with Crippen molar-refractivity contribution in [3.63, 3.8) is 0 Å². The molecule has 3 heterocycles. The summed E-state index contributed by atoms with van der Waals surface area (Å²) in [5.74, 6) is 0.292. The van der Waals surface area contributed by atoms with Crippen molar-refractivity contribution < 1.29 is 19.1 Å². The molecule has 1 aromatic rings. The summed E-state index contributed by atoms with van der Waals surface area (Å²) in [6.07, 6.45) is 3.53. The number of hydrogen-bond acceptors (Lipinski definition) is 4. The second-order valence-electron chi connectivity index (χ2n) is 7.88. The van der Waals surface area contributed by atoms with Gasteiger partial charge in [-0.15, -0.1) is 0 Å². The zero-order chi connectivity index (χ0) is 19.3. The molecule has 152 valence electrons. The number of hydrogen-bond donors (Lipinski definition) is 1. The molecule has 2 unspecified atom stereocenters. The minimum absolute atomic E-state index is 0.126. The molecule has 3 aliphatic rings. The first-order chi connectivity index (χ1) is 13.7. The fourth-order valence-electron chi connectivity index (χ4n) is 4.43. The highest BCUT2D eigenvalue weighted by molar-refractivity contribution is 5.90. The van der Waals surface area contributed by atoms with E-state index < -0.39 is 0 Å². The molecule has 1 N–H and O–H groups in total. The first-order valence-electron chi connectivity index (χ1n) is 10.3. The third-order valence-corrected chi connectivity index (χ3v) is 5.88. The molecule has 2 atom stereocenters. The number of nitrogens with zero attached hydrogens (tertiary/aromatic N) is 2. The van der Waals surface area contributed by atoms with E-state index >= 15 is 0 Å². The number of likely N-dealkylation sites (tertiary alicyclic amines) is 2. The number of amides is 3. The molecule has 3 saturated heterocycles. The summed E-state index contributed by atoms with van der Waals surface area (Å²) in [5, 5.41) is 2.92. The van der Waals surface area contributed by atoms with Crippen molar-refractivity contribution in [2.45, 2.75) is 32.0 Å². The summed E-state index contributed by atoms with van der Waals surface area (Å²) >= 11 is 0. The van der Waals surface area contributed by atoms with Crippen LogP contribution < -0.4 is 5.32 Å². The Bertz CT molecular complexity index is 677. The van der Waals surface area contributed by atoms with Crippen molar-refractivity contribution in [3.8, 4) is 0 Å². The van der Waals surface area contributed by atoms with Crippen molar-refractivity contribution in [2.75, 3.05) is 44.7 Å². The van der Waals surface area contributed by atoms with E-state index in [9.17, 15) is 9.59 Å². The SMILES string of the molecule is O=C(Nc1ccccc1)N1CCCC(C(=O)N2CCCC(C3OCCO3)C2)C1. The van der Waals surface area contributed by atoms with Crippen LogP contribution in [0.5, 0.6) is 0 Å². The van der Waals surface area contributed by atoms with E-state index in [2.05, 4.69) is 5.32 Å².